The van der Waals surface area contributed by atoms with Gasteiger partial charge in [-0.2, -0.15) is 0 Å². The Bertz CT molecular complexity index is 1100. The minimum absolute atomic E-state index is 0.463. The summed E-state index contributed by atoms with van der Waals surface area (Å²) in [5, 5.41) is 12.8. The van der Waals surface area contributed by atoms with Crippen molar-refractivity contribution < 1.29 is 13.8 Å². The molecular formula is C23H24N5O2+. The fourth-order valence-corrected chi connectivity index (χ4v) is 3.95. The molecule has 0 bridgehead atoms. The van der Waals surface area contributed by atoms with Gasteiger partial charge in [0.15, 0.2) is 6.54 Å². The second kappa shape index (κ2) is 8.12. The number of aromatic nitrogens is 3. The second-order valence-electron chi connectivity index (χ2n) is 7.58. The third-order valence-corrected chi connectivity index (χ3v) is 5.58. The normalized spacial score (nSPS) is 14.9. The molecule has 4 aromatic rings. The number of benzene rings is 2. The maximum Gasteiger partial charge on any atom is 0.271 e. The highest BCUT2D eigenvalue weighted by Crippen LogP contribution is 2.33. The maximum atomic E-state index is 6.03. The molecule has 1 fully saturated rings. The van der Waals surface area contributed by atoms with E-state index < -0.39 is 0 Å². The molecule has 1 N–H and O–H groups in total. The van der Waals surface area contributed by atoms with Crippen molar-refractivity contribution in [1.29, 1.82) is 0 Å². The first-order valence-corrected chi connectivity index (χ1v) is 10.3. The van der Waals surface area contributed by atoms with Crippen LogP contribution in [0, 0.1) is 6.92 Å². The van der Waals surface area contributed by atoms with Gasteiger partial charge in [0.2, 0.25) is 0 Å². The third-order valence-electron chi connectivity index (χ3n) is 5.58. The Morgan fingerprint density at radius 1 is 0.933 bits per heavy atom. The fraction of sp³-hybridized carbons (Fsp3) is 0.261. The van der Waals surface area contributed by atoms with Gasteiger partial charge in [0, 0.05) is 11.3 Å². The summed E-state index contributed by atoms with van der Waals surface area (Å²) in [5.41, 5.74) is 3.75. The van der Waals surface area contributed by atoms with Crippen LogP contribution in [0.15, 0.2) is 69.6 Å². The first kappa shape index (κ1) is 18.6. The molecule has 0 aliphatic carbocycles. The van der Waals surface area contributed by atoms with Crippen molar-refractivity contribution in [1.82, 2.24) is 15.4 Å². The molecule has 7 nitrogen and oxygen atoms in total. The van der Waals surface area contributed by atoms with Crippen LogP contribution >= 0.6 is 0 Å². The Hall–Kier alpha value is -3.45. The van der Waals surface area contributed by atoms with E-state index in [-0.39, 0.29) is 0 Å². The zero-order chi connectivity index (χ0) is 20.3. The van der Waals surface area contributed by atoms with Crippen LogP contribution in [0.25, 0.3) is 22.7 Å². The summed E-state index contributed by atoms with van der Waals surface area (Å²) in [4.78, 5) is 3.87. The number of quaternary nitrogens is 1. The Labute approximate surface area is 174 Å². The molecule has 2 aromatic carbocycles. The van der Waals surface area contributed by atoms with Crippen LogP contribution in [0.3, 0.4) is 0 Å². The summed E-state index contributed by atoms with van der Waals surface area (Å²) in [7, 11) is 0. The minimum Gasteiger partial charge on any atom is -0.415 e. The van der Waals surface area contributed by atoms with Gasteiger partial charge in [-0.1, -0.05) is 53.7 Å². The van der Waals surface area contributed by atoms with Crippen molar-refractivity contribution in [2.24, 2.45) is 0 Å². The Balaban J connectivity index is 1.28. The molecule has 1 saturated heterocycles. The predicted octanol–water partition coefficient (Wildman–Crippen LogP) is 2.61. The van der Waals surface area contributed by atoms with E-state index in [0.717, 1.165) is 49.5 Å². The molecule has 152 valence electrons. The average Bonchev–Trinajstić information content (AvgIpc) is 3.41. The number of para-hydroxylation sites is 1. The monoisotopic (exact) mass is 402 g/mol. The molecule has 7 heteroatoms. The van der Waals surface area contributed by atoms with Crippen LogP contribution in [0.5, 0.6) is 0 Å². The summed E-state index contributed by atoms with van der Waals surface area (Å²) in [6, 6.07) is 20.5. The van der Waals surface area contributed by atoms with E-state index in [1.54, 1.807) is 0 Å². The zero-order valence-electron chi connectivity index (χ0n) is 16.9. The lowest BCUT2D eigenvalue weighted by Crippen LogP contribution is -3.13. The molecule has 30 heavy (non-hydrogen) atoms. The van der Waals surface area contributed by atoms with Crippen LogP contribution in [-0.2, 0) is 6.54 Å². The predicted molar refractivity (Wildman–Crippen MR) is 113 cm³/mol. The topological polar surface area (TPSA) is 72.6 Å². The van der Waals surface area contributed by atoms with E-state index in [0.29, 0.717) is 17.5 Å². The van der Waals surface area contributed by atoms with E-state index in [1.807, 2.05) is 37.3 Å². The molecule has 1 aliphatic heterocycles. The van der Waals surface area contributed by atoms with Gasteiger partial charge in [0.25, 0.3) is 11.8 Å². The summed E-state index contributed by atoms with van der Waals surface area (Å²) in [6.07, 6.45) is 0. The molecule has 3 heterocycles. The van der Waals surface area contributed by atoms with E-state index >= 15 is 0 Å². The van der Waals surface area contributed by atoms with Crippen LogP contribution in [0.4, 0.5) is 5.69 Å². The van der Waals surface area contributed by atoms with Crippen molar-refractivity contribution in [2.75, 3.05) is 31.1 Å². The van der Waals surface area contributed by atoms with E-state index in [1.165, 1.54) is 10.6 Å². The van der Waals surface area contributed by atoms with Crippen molar-refractivity contribution in [3.63, 3.8) is 0 Å². The molecule has 0 radical (unpaired) electrons. The largest absolute Gasteiger partial charge is 0.415 e. The maximum absolute atomic E-state index is 6.03. The van der Waals surface area contributed by atoms with E-state index in [2.05, 4.69) is 50.6 Å². The van der Waals surface area contributed by atoms with Gasteiger partial charge in [0.1, 0.15) is 17.0 Å². The molecule has 0 atom stereocenters. The highest BCUT2D eigenvalue weighted by molar-refractivity contribution is 5.77. The number of aryl methyl sites for hydroxylation is 1. The number of nitrogens with zero attached hydrogens (tertiary/aromatic N) is 4. The summed E-state index contributed by atoms with van der Waals surface area (Å²) < 4.78 is 11.5. The first-order chi connectivity index (χ1) is 14.8. The highest BCUT2D eigenvalue weighted by atomic mass is 16.5. The summed E-state index contributed by atoms with van der Waals surface area (Å²) in [6.45, 7) is 6.70. The van der Waals surface area contributed by atoms with Crippen molar-refractivity contribution in [3.8, 4) is 22.7 Å². The number of anilines is 1. The molecule has 1 aliphatic rings. The molecule has 2 aromatic heterocycles. The van der Waals surface area contributed by atoms with Gasteiger partial charge >= 0.3 is 0 Å². The fourth-order valence-electron chi connectivity index (χ4n) is 3.95. The summed E-state index contributed by atoms with van der Waals surface area (Å²) in [5.74, 6) is 1.78. The van der Waals surface area contributed by atoms with Gasteiger partial charge in [-0.25, -0.2) is 0 Å². The van der Waals surface area contributed by atoms with Gasteiger partial charge in [-0.15, -0.1) is 10.2 Å². The number of piperazine rings is 1. The molecule has 0 amide bonds. The van der Waals surface area contributed by atoms with Crippen LogP contribution in [0.2, 0.25) is 0 Å². The van der Waals surface area contributed by atoms with Crippen LogP contribution in [0.1, 0.15) is 11.7 Å². The van der Waals surface area contributed by atoms with E-state index in [4.69, 9.17) is 8.94 Å². The number of rotatable bonds is 5. The molecule has 0 spiro atoms. The standard InChI is InChI=1S/C23H23N5O2/c1-17-21(22(26-30-17)18-8-4-2-5-9-18)23-25-24-20(29-23)16-27-12-14-28(15-13-27)19-10-6-3-7-11-19/h2-11H,12-16H2,1H3/p+1. The van der Waals surface area contributed by atoms with Gasteiger partial charge in [-0.3, -0.25) is 0 Å². The van der Waals surface area contributed by atoms with Gasteiger partial charge in [-0.05, 0) is 19.1 Å². The molecular weight excluding hydrogens is 378 g/mol. The lowest BCUT2D eigenvalue weighted by atomic mass is 10.1. The number of hydrogen-bond acceptors (Lipinski definition) is 6. The zero-order valence-corrected chi connectivity index (χ0v) is 16.9. The lowest BCUT2D eigenvalue weighted by molar-refractivity contribution is -0.915. The SMILES string of the molecule is Cc1onc(-c2ccccc2)c1-c1nnc(C[NH+]2CCN(c3ccccc3)CC2)o1. The first-order valence-electron chi connectivity index (χ1n) is 10.3. The van der Waals surface area contributed by atoms with Gasteiger partial charge in [0.05, 0.1) is 26.2 Å². The molecule has 5 rings (SSSR count). The smallest absolute Gasteiger partial charge is 0.271 e. The minimum atomic E-state index is 0.463. The Morgan fingerprint density at radius 3 is 2.37 bits per heavy atom. The van der Waals surface area contributed by atoms with Gasteiger partial charge < -0.3 is 18.7 Å². The van der Waals surface area contributed by atoms with Crippen molar-refractivity contribution in [3.05, 3.63) is 72.3 Å². The quantitative estimate of drug-likeness (QED) is 0.553. The number of hydrogen-bond donors (Lipinski definition) is 1. The average molecular weight is 402 g/mol. The third kappa shape index (κ3) is 3.71. The van der Waals surface area contributed by atoms with Crippen molar-refractivity contribution >= 4 is 5.69 Å². The van der Waals surface area contributed by atoms with Crippen molar-refractivity contribution in [2.45, 2.75) is 13.5 Å². The Kier molecular flexibility index (Phi) is 5.03. The summed E-state index contributed by atoms with van der Waals surface area (Å²) >= 11 is 0. The van der Waals surface area contributed by atoms with Crippen LogP contribution < -0.4 is 9.80 Å². The number of nitrogens with one attached hydrogen (secondary N) is 1. The molecule has 0 saturated carbocycles. The molecule has 0 unspecified atom stereocenters. The van der Waals surface area contributed by atoms with E-state index in [9.17, 15) is 0 Å². The highest BCUT2D eigenvalue weighted by Gasteiger charge is 2.25. The second-order valence-corrected chi connectivity index (χ2v) is 7.58. The lowest BCUT2D eigenvalue weighted by Gasteiger charge is -2.33. The van der Waals surface area contributed by atoms with Crippen LogP contribution in [-0.4, -0.2) is 41.5 Å². The Morgan fingerprint density at radius 2 is 1.63 bits per heavy atom.